The molecule has 0 bridgehead atoms. The minimum atomic E-state index is -0.246. The fourth-order valence-corrected chi connectivity index (χ4v) is 2.08. The second-order valence-electron chi connectivity index (χ2n) is 3.75. The number of rotatable bonds is 6. The monoisotopic (exact) mass is 266 g/mol. The molecule has 2 aromatic rings. The number of aromatic nitrogens is 1. The lowest BCUT2D eigenvalue weighted by atomic mass is 10.2. The van der Waals surface area contributed by atoms with E-state index in [1.165, 1.54) is 12.1 Å². The van der Waals surface area contributed by atoms with Crippen LogP contribution in [0.25, 0.3) is 0 Å². The number of nitrogens with zero attached hydrogens (tertiary/aromatic N) is 1. The number of hydrogen-bond acceptors (Lipinski definition) is 4. The second-order valence-corrected chi connectivity index (χ2v) is 4.73. The normalized spacial score (nSPS) is 10.6. The number of hydrogen-bond donors (Lipinski definition) is 1. The molecule has 96 valence electrons. The van der Waals surface area contributed by atoms with Crippen LogP contribution in [0.1, 0.15) is 17.5 Å². The van der Waals surface area contributed by atoms with Crippen LogP contribution >= 0.6 is 11.3 Å². The highest BCUT2D eigenvalue weighted by Gasteiger charge is 2.06. The van der Waals surface area contributed by atoms with Crippen molar-refractivity contribution < 1.29 is 9.13 Å². The van der Waals surface area contributed by atoms with Crippen LogP contribution in [0.4, 0.5) is 4.39 Å². The van der Waals surface area contributed by atoms with Gasteiger partial charge in [-0.3, -0.25) is 0 Å². The highest BCUT2D eigenvalue weighted by Crippen LogP contribution is 2.21. The fourth-order valence-electron chi connectivity index (χ4n) is 1.55. The van der Waals surface area contributed by atoms with Crippen LogP contribution in [-0.4, -0.2) is 11.5 Å². The Labute approximate surface area is 110 Å². The van der Waals surface area contributed by atoms with Gasteiger partial charge in [0.1, 0.15) is 23.2 Å². The van der Waals surface area contributed by atoms with Crippen LogP contribution in [0.2, 0.25) is 0 Å². The zero-order chi connectivity index (χ0) is 12.8. The second kappa shape index (κ2) is 6.47. The first-order valence-corrected chi connectivity index (χ1v) is 6.68. The summed E-state index contributed by atoms with van der Waals surface area (Å²) in [5.41, 5.74) is 0.827. The van der Waals surface area contributed by atoms with Gasteiger partial charge in [0.15, 0.2) is 0 Å². The molecule has 0 spiro atoms. The van der Waals surface area contributed by atoms with Crippen molar-refractivity contribution in [2.45, 2.75) is 20.1 Å². The van der Waals surface area contributed by atoms with E-state index in [0.717, 1.165) is 17.1 Å². The maximum absolute atomic E-state index is 13.2. The Balaban J connectivity index is 2.05. The van der Waals surface area contributed by atoms with Crippen LogP contribution in [0, 0.1) is 5.82 Å². The van der Waals surface area contributed by atoms with Crippen molar-refractivity contribution in [2.24, 2.45) is 0 Å². The molecule has 1 N–H and O–H groups in total. The van der Waals surface area contributed by atoms with Crippen molar-refractivity contribution in [3.05, 3.63) is 46.2 Å². The van der Waals surface area contributed by atoms with E-state index >= 15 is 0 Å². The van der Waals surface area contributed by atoms with E-state index in [2.05, 4.69) is 10.3 Å². The SMILES string of the molecule is CCNCc1cc(F)ccc1OCc1nccs1. The maximum Gasteiger partial charge on any atom is 0.140 e. The lowest BCUT2D eigenvalue weighted by molar-refractivity contribution is 0.301. The van der Waals surface area contributed by atoms with Gasteiger partial charge in [-0.25, -0.2) is 9.37 Å². The highest BCUT2D eigenvalue weighted by atomic mass is 32.1. The Morgan fingerprint density at radius 3 is 3.06 bits per heavy atom. The van der Waals surface area contributed by atoms with Gasteiger partial charge >= 0.3 is 0 Å². The Bertz CT molecular complexity index is 488. The van der Waals surface area contributed by atoms with E-state index in [1.807, 2.05) is 12.3 Å². The predicted octanol–water partition coefficient (Wildman–Crippen LogP) is 2.97. The molecule has 0 atom stereocenters. The minimum Gasteiger partial charge on any atom is -0.486 e. The summed E-state index contributed by atoms with van der Waals surface area (Å²) in [5.74, 6) is 0.456. The summed E-state index contributed by atoms with van der Waals surface area (Å²) in [6, 6.07) is 4.57. The molecule has 0 aliphatic heterocycles. The number of benzene rings is 1. The molecule has 1 heterocycles. The number of halogens is 1. The zero-order valence-electron chi connectivity index (χ0n) is 10.1. The van der Waals surface area contributed by atoms with E-state index in [0.29, 0.717) is 18.9 Å². The quantitative estimate of drug-likeness (QED) is 0.873. The summed E-state index contributed by atoms with van der Waals surface area (Å²) in [5, 5.41) is 5.98. The van der Waals surface area contributed by atoms with Gasteiger partial charge in [-0.05, 0) is 24.7 Å². The first kappa shape index (κ1) is 13.0. The smallest absolute Gasteiger partial charge is 0.140 e. The van der Waals surface area contributed by atoms with Crippen molar-refractivity contribution >= 4 is 11.3 Å². The fraction of sp³-hybridized carbons (Fsp3) is 0.308. The van der Waals surface area contributed by atoms with Gasteiger partial charge in [-0.1, -0.05) is 6.92 Å². The van der Waals surface area contributed by atoms with E-state index in [-0.39, 0.29) is 5.82 Å². The molecule has 0 radical (unpaired) electrons. The van der Waals surface area contributed by atoms with Gasteiger partial charge in [0, 0.05) is 23.7 Å². The van der Waals surface area contributed by atoms with Crippen molar-refractivity contribution in [1.82, 2.24) is 10.3 Å². The molecule has 1 aromatic heterocycles. The zero-order valence-corrected chi connectivity index (χ0v) is 11.0. The molecule has 2 rings (SSSR count). The average molecular weight is 266 g/mol. The third-order valence-corrected chi connectivity index (χ3v) is 3.18. The molecule has 18 heavy (non-hydrogen) atoms. The van der Waals surface area contributed by atoms with Crippen molar-refractivity contribution in [2.75, 3.05) is 6.54 Å². The van der Waals surface area contributed by atoms with E-state index < -0.39 is 0 Å². The molecule has 1 aromatic carbocycles. The molecule has 0 unspecified atom stereocenters. The molecule has 0 saturated heterocycles. The van der Waals surface area contributed by atoms with Crippen LogP contribution in [0.15, 0.2) is 29.8 Å². The Hall–Kier alpha value is -1.46. The van der Waals surface area contributed by atoms with E-state index in [4.69, 9.17) is 4.74 Å². The third kappa shape index (κ3) is 3.51. The van der Waals surface area contributed by atoms with Crippen LogP contribution in [0.5, 0.6) is 5.75 Å². The summed E-state index contributed by atoms with van der Waals surface area (Å²) < 4.78 is 18.9. The van der Waals surface area contributed by atoms with Gasteiger partial charge < -0.3 is 10.1 Å². The molecule has 5 heteroatoms. The topological polar surface area (TPSA) is 34.1 Å². The number of nitrogens with one attached hydrogen (secondary N) is 1. The molecular formula is C13H15FN2OS. The first-order chi connectivity index (χ1) is 8.79. The van der Waals surface area contributed by atoms with E-state index in [1.54, 1.807) is 23.6 Å². The molecule has 3 nitrogen and oxygen atoms in total. The lowest BCUT2D eigenvalue weighted by Crippen LogP contribution is -2.13. The summed E-state index contributed by atoms with van der Waals surface area (Å²) in [4.78, 5) is 4.14. The molecule has 0 amide bonds. The van der Waals surface area contributed by atoms with Crippen LogP contribution < -0.4 is 10.1 Å². The number of ether oxygens (including phenoxy) is 1. The molecule has 0 aliphatic rings. The van der Waals surface area contributed by atoms with Gasteiger partial charge in [0.05, 0.1) is 0 Å². The largest absolute Gasteiger partial charge is 0.486 e. The standard InChI is InChI=1S/C13H15FN2OS/c1-2-15-8-10-7-11(14)3-4-12(10)17-9-13-16-5-6-18-13/h3-7,15H,2,8-9H2,1H3. The van der Waals surface area contributed by atoms with Gasteiger partial charge in [0.25, 0.3) is 0 Å². The van der Waals surface area contributed by atoms with Crippen molar-refractivity contribution in [3.8, 4) is 5.75 Å². The van der Waals surface area contributed by atoms with Crippen molar-refractivity contribution in [3.63, 3.8) is 0 Å². The van der Waals surface area contributed by atoms with Gasteiger partial charge in [-0.2, -0.15) is 0 Å². The lowest BCUT2D eigenvalue weighted by Gasteiger charge is -2.11. The first-order valence-electron chi connectivity index (χ1n) is 5.80. The Morgan fingerprint density at radius 1 is 1.44 bits per heavy atom. The van der Waals surface area contributed by atoms with Crippen LogP contribution in [-0.2, 0) is 13.2 Å². The predicted molar refractivity (Wildman–Crippen MR) is 70.2 cm³/mol. The molecule has 0 saturated carbocycles. The summed E-state index contributed by atoms with van der Waals surface area (Å²) in [6.45, 7) is 3.86. The maximum atomic E-state index is 13.2. The van der Waals surface area contributed by atoms with Gasteiger partial charge in [0.2, 0.25) is 0 Å². The molecular weight excluding hydrogens is 251 g/mol. The highest BCUT2D eigenvalue weighted by molar-refractivity contribution is 7.09. The van der Waals surface area contributed by atoms with Gasteiger partial charge in [-0.15, -0.1) is 11.3 Å². The number of thiazole rings is 1. The average Bonchev–Trinajstić information content (AvgIpc) is 2.88. The minimum absolute atomic E-state index is 0.246. The van der Waals surface area contributed by atoms with E-state index in [9.17, 15) is 4.39 Å². The molecule has 0 aliphatic carbocycles. The Kier molecular flexibility index (Phi) is 4.66. The Morgan fingerprint density at radius 2 is 2.33 bits per heavy atom. The molecule has 0 fully saturated rings. The van der Waals surface area contributed by atoms with Crippen molar-refractivity contribution in [1.29, 1.82) is 0 Å². The van der Waals surface area contributed by atoms with Crippen LogP contribution in [0.3, 0.4) is 0 Å². The third-order valence-electron chi connectivity index (χ3n) is 2.42. The summed E-state index contributed by atoms with van der Waals surface area (Å²) in [7, 11) is 0. The summed E-state index contributed by atoms with van der Waals surface area (Å²) in [6.07, 6.45) is 1.74. The summed E-state index contributed by atoms with van der Waals surface area (Å²) >= 11 is 1.54.